The van der Waals surface area contributed by atoms with E-state index in [2.05, 4.69) is 28.8 Å². The number of rotatable bonds is 3. The van der Waals surface area contributed by atoms with E-state index < -0.39 is 0 Å². The number of nitrogens with zero attached hydrogens (tertiary/aromatic N) is 3. The predicted molar refractivity (Wildman–Crippen MR) is 78.7 cm³/mol. The van der Waals surface area contributed by atoms with Gasteiger partial charge in [0.15, 0.2) is 0 Å². The second kappa shape index (κ2) is 6.15. The number of aromatic nitrogens is 2. The highest BCUT2D eigenvalue weighted by molar-refractivity contribution is 5.81. The van der Waals surface area contributed by atoms with Gasteiger partial charge in [-0.3, -0.25) is 9.69 Å². The molecule has 1 amide bonds. The lowest BCUT2D eigenvalue weighted by atomic mass is 10.1. The molecule has 3 heterocycles. The summed E-state index contributed by atoms with van der Waals surface area (Å²) in [6.07, 6.45) is 6.45. The van der Waals surface area contributed by atoms with Crippen molar-refractivity contribution in [1.29, 1.82) is 0 Å². The van der Waals surface area contributed by atoms with Gasteiger partial charge < -0.3 is 14.6 Å². The maximum atomic E-state index is 12.6. The molecule has 3 unspecified atom stereocenters. The second-order valence-electron chi connectivity index (χ2n) is 5.99. The molecule has 0 aliphatic carbocycles. The Bertz CT molecular complexity index is 476. The van der Waals surface area contributed by atoms with Crippen LogP contribution in [0.1, 0.15) is 38.1 Å². The maximum Gasteiger partial charge on any atom is 0.251 e. The van der Waals surface area contributed by atoms with Gasteiger partial charge in [0.25, 0.3) is 5.91 Å². The van der Waals surface area contributed by atoms with Crippen LogP contribution in [0.25, 0.3) is 0 Å². The molecule has 3 atom stereocenters. The van der Waals surface area contributed by atoms with Gasteiger partial charge >= 0.3 is 0 Å². The van der Waals surface area contributed by atoms with E-state index in [4.69, 9.17) is 4.74 Å². The molecule has 2 aliphatic rings. The Morgan fingerprint density at radius 3 is 3.00 bits per heavy atom. The average Bonchev–Trinajstić information content (AvgIpc) is 3.18. The maximum absolute atomic E-state index is 12.6. The quantitative estimate of drug-likeness (QED) is 0.909. The van der Waals surface area contributed by atoms with Crippen molar-refractivity contribution in [3.63, 3.8) is 0 Å². The summed E-state index contributed by atoms with van der Waals surface area (Å²) in [4.78, 5) is 24.3. The molecule has 2 saturated heterocycles. The van der Waals surface area contributed by atoms with E-state index in [1.165, 1.54) is 0 Å². The van der Waals surface area contributed by atoms with Crippen molar-refractivity contribution in [3.05, 3.63) is 18.2 Å². The monoisotopic (exact) mass is 292 g/mol. The van der Waals surface area contributed by atoms with Crippen molar-refractivity contribution >= 4 is 5.91 Å². The number of piperazine rings is 1. The molecule has 2 aliphatic heterocycles. The summed E-state index contributed by atoms with van der Waals surface area (Å²) in [6, 6.07) is 0.140. The lowest BCUT2D eigenvalue weighted by Gasteiger charge is -2.39. The third-order valence-electron chi connectivity index (χ3n) is 4.63. The number of carbonyl (C=O) groups excluding carboxylic acids is 1. The van der Waals surface area contributed by atoms with Crippen LogP contribution in [0.3, 0.4) is 0 Å². The third kappa shape index (κ3) is 2.96. The average molecular weight is 292 g/mol. The summed E-state index contributed by atoms with van der Waals surface area (Å²) < 4.78 is 5.85. The van der Waals surface area contributed by atoms with E-state index in [9.17, 15) is 4.79 Å². The minimum absolute atomic E-state index is 0.140. The normalized spacial score (nSPS) is 30.8. The number of ether oxygens (including phenoxy) is 1. The molecule has 0 spiro atoms. The highest BCUT2D eigenvalue weighted by atomic mass is 16.5. The van der Waals surface area contributed by atoms with Crippen LogP contribution in [0.15, 0.2) is 12.4 Å². The predicted octanol–water partition coefficient (Wildman–Crippen LogP) is 1.18. The molecule has 0 aromatic carbocycles. The van der Waals surface area contributed by atoms with Gasteiger partial charge in [0.05, 0.1) is 12.1 Å². The van der Waals surface area contributed by atoms with Crippen molar-refractivity contribution in [2.75, 3.05) is 26.7 Å². The van der Waals surface area contributed by atoms with E-state index in [0.29, 0.717) is 6.54 Å². The standard InChI is InChI=1S/C15H24N4O2/c1-3-11-4-5-13(21-11)15(20)19-9-8-18(2)12(10-19)14-16-6-7-17-14/h6-7,11-13H,3-5,8-10H2,1-2H3,(H,16,17). The number of hydrogen-bond donors (Lipinski definition) is 1. The first kappa shape index (κ1) is 14.5. The van der Waals surface area contributed by atoms with E-state index in [0.717, 1.165) is 38.2 Å². The van der Waals surface area contributed by atoms with E-state index >= 15 is 0 Å². The number of amides is 1. The fourth-order valence-corrected chi connectivity index (χ4v) is 3.22. The van der Waals surface area contributed by atoms with Crippen molar-refractivity contribution in [2.24, 2.45) is 0 Å². The minimum Gasteiger partial charge on any atom is -0.365 e. The number of H-pyrrole nitrogens is 1. The van der Waals surface area contributed by atoms with Crippen molar-refractivity contribution in [2.45, 2.75) is 44.4 Å². The molecule has 1 N–H and O–H groups in total. The Labute approximate surface area is 125 Å². The Kier molecular flexibility index (Phi) is 4.26. The molecule has 116 valence electrons. The summed E-state index contributed by atoms with van der Waals surface area (Å²) in [6.45, 7) is 4.42. The van der Waals surface area contributed by atoms with Gasteiger partial charge in [0, 0.05) is 32.0 Å². The Morgan fingerprint density at radius 1 is 1.48 bits per heavy atom. The van der Waals surface area contributed by atoms with Gasteiger partial charge in [-0.2, -0.15) is 0 Å². The van der Waals surface area contributed by atoms with Crippen LogP contribution < -0.4 is 0 Å². The SMILES string of the molecule is CCC1CCC(C(=O)N2CCN(C)C(c3ncc[nH]3)C2)O1. The fraction of sp³-hybridized carbons (Fsp3) is 0.733. The first-order valence-electron chi connectivity index (χ1n) is 7.82. The summed E-state index contributed by atoms with van der Waals surface area (Å²) >= 11 is 0. The van der Waals surface area contributed by atoms with Gasteiger partial charge in [-0.05, 0) is 26.3 Å². The van der Waals surface area contributed by atoms with Crippen LogP contribution in [-0.2, 0) is 9.53 Å². The lowest BCUT2D eigenvalue weighted by Crippen LogP contribution is -2.51. The van der Waals surface area contributed by atoms with E-state index in [1.54, 1.807) is 6.20 Å². The number of aromatic amines is 1. The van der Waals surface area contributed by atoms with Crippen LogP contribution in [0.5, 0.6) is 0 Å². The molecule has 3 rings (SSSR count). The van der Waals surface area contributed by atoms with Crippen molar-refractivity contribution in [1.82, 2.24) is 19.8 Å². The summed E-state index contributed by atoms with van der Waals surface area (Å²) in [5, 5.41) is 0. The second-order valence-corrected chi connectivity index (χ2v) is 5.99. The topological polar surface area (TPSA) is 61.5 Å². The molecule has 21 heavy (non-hydrogen) atoms. The molecule has 1 aromatic heterocycles. The largest absolute Gasteiger partial charge is 0.365 e. The van der Waals surface area contributed by atoms with Crippen LogP contribution in [0.4, 0.5) is 0 Å². The van der Waals surface area contributed by atoms with Gasteiger partial charge in [0.2, 0.25) is 0 Å². The molecular formula is C15H24N4O2. The van der Waals surface area contributed by atoms with Crippen LogP contribution in [0.2, 0.25) is 0 Å². The van der Waals surface area contributed by atoms with Crippen molar-refractivity contribution in [3.8, 4) is 0 Å². The van der Waals surface area contributed by atoms with Gasteiger partial charge in [-0.25, -0.2) is 4.98 Å². The van der Waals surface area contributed by atoms with Gasteiger partial charge in [-0.15, -0.1) is 0 Å². The number of imidazole rings is 1. The third-order valence-corrected chi connectivity index (χ3v) is 4.63. The highest BCUT2D eigenvalue weighted by Crippen LogP contribution is 2.26. The molecular weight excluding hydrogens is 268 g/mol. The molecule has 1 aromatic rings. The van der Waals surface area contributed by atoms with E-state index in [1.807, 2.05) is 11.1 Å². The zero-order valence-electron chi connectivity index (χ0n) is 12.8. The number of nitrogens with one attached hydrogen (secondary N) is 1. The number of likely N-dealkylation sites (N-methyl/N-ethyl adjacent to an activating group) is 1. The zero-order valence-corrected chi connectivity index (χ0v) is 12.8. The molecule has 0 radical (unpaired) electrons. The number of hydrogen-bond acceptors (Lipinski definition) is 4. The van der Waals surface area contributed by atoms with Gasteiger partial charge in [-0.1, -0.05) is 6.92 Å². The van der Waals surface area contributed by atoms with Gasteiger partial charge in [0.1, 0.15) is 11.9 Å². The first-order valence-corrected chi connectivity index (χ1v) is 7.82. The van der Waals surface area contributed by atoms with Crippen LogP contribution in [0, 0.1) is 0 Å². The highest BCUT2D eigenvalue weighted by Gasteiger charge is 2.36. The first-order chi connectivity index (χ1) is 10.2. The zero-order chi connectivity index (χ0) is 14.8. The summed E-state index contributed by atoms with van der Waals surface area (Å²) in [7, 11) is 2.08. The van der Waals surface area contributed by atoms with E-state index in [-0.39, 0.29) is 24.2 Å². The molecule has 2 fully saturated rings. The Morgan fingerprint density at radius 2 is 2.33 bits per heavy atom. The van der Waals surface area contributed by atoms with Crippen LogP contribution >= 0.6 is 0 Å². The number of carbonyl (C=O) groups is 1. The van der Waals surface area contributed by atoms with Crippen LogP contribution in [-0.4, -0.2) is 64.6 Å². The fourth-order valence-electron chi connectivity index (χ4n) is 3.22. The van der Waals surface area contributed by atoms with Crippen molar-refractivity contribution < 1.29 is 9.53 Å². The summed E-state index contributed by atoms with van der Waals surface area (Å²) in [5.74, 6) is 1.07. The lowest BCUT2D eigenvalue weighted by molar-refractivity contribution is -0.145. The minimum atomic E-state index is -0.240. The molecule has 6 heteroatoms. The molecule has 0 saturated carbocycles. The molecule has 0 bridgehead atoms. The molecule has 6 nitrogen and oxygen atoms in total. The Hall–Kier alpha value is -1.40. The smallest absolute Gasteiger partial charge is 0.251 e. The Balaban J connectivity index is 1.65. The summed E-state index contributed by atoms with van der Waals surface area (Å²) in [5.41, 5.74) is 0.